The topological polar surface area (TPSA) is 80.2 Å². The lowest BCUT2D eigenvalue weighted by Gasteiger charge is -2.25. The maximum atomic E-state index is 12.4. The van der Waals surface area contributed by atoms with Crippen LogP contribution in [0.2, 0.25) is 0 Å². The number of benzene rings is 1. The van der Waals surface area contributed by atoms with E-state index in [4.69, 9.17) is 4.74 Å². The highest BCUT2D eigenvalue weighted by Crippen LogP contribution is 2.34. The van der Waals surface area contributed by atoms with Crippen LogP contribution in [0, 0.1) is 0 Å². The van der Waals surface area contributed by atoms with Gasteiger partial charge in [-0.2, -0.15) is 4.98 Å². The molecule has 1 aliphatic heterocycles. The van der Waals surface area contributed by atoms with Gasteiger partial charge < -0.3 is 15.0 Å². The fourth-order valence-electron chi connectivity index (χ4n) is 3.11. The van der Waals surface area contributed by atoms with Crippen molar-refractivity contribution in [1.29, 1.82) is 0 Å². The highest BCUT2D eigenvalue weighted by Gasteiger charge is 2.18. The number of hydrogen-bond acceptors (Lipinski definition) is 8. The third kappa shape index (κ3) is 4.20. The van der Waals surface area contributed by atoms with Crippen LogP contribution < -0.4 is 15.0 Å². The monoisotopic (exact) mass is 415 g/mol. The SMILES string of the molecule is COc1ccccc1NC(=O)CSc1ncnc2nc(N3CCCCC3)sc12. The summed E-state index contributed by atoms with van der Waals surface area (Å²) < 4.78 is 6.22. The molecule has 4 rings (SSSR count). The van der Waals surface area contributed by atoms with Gasteiger partial charge in [0.15, 0.2) is 10.8 Å². The molecule has 1 fully saturated rings. The molecule has 0 aliphatic carbocycles. The fourth-order valence-corrected chi connectivity index (χ4v) is 5.06. The van der Waals surface area contributed by atoms with E-state index in [9.17, 15) is 4.79 Å². The second-order valence-electron chi connectivity index (χ2n) is 6.41. The number of thiazole rings is 1. The zero-order valence-corrected chi connectivity index (χ0v) is 17.2. The van der Waals surface area contributed by atoms with Crippen molar-refractivity contribution in [2.75, 3.05) is 36.2 Å². The van der Waals surface area contributed by atoms with Crippen molar-refractivity contribution >= 4 is 50.2 Å². The van der Waals surface area contributed by atoms with E-state index < -0.39 is 0 Å². The van der Waals surface area contributed by atoms with E-state index in [2.05, 4.69) is 25.2 Å². The van der Waals surface area contributed by atoms with Crippen LogP contribution in [-0.2, 0) is 4.79 Å². The lowest BCUT2D eigenvalue weighted by atomic mass is 10.1. The van der Waals surface area contributed by atoms with Crippen molar-refractivity contribution in [1.82, 2.24) is 15.0 Å². The van der Waals surface area contributed by atoms with Crippen LogP contribution in [0.15, 0.2) is 35.6 Å². The van der Waals surface area contributed by atoms with Crippen molar-refractivity contribution in [3.05, 3.63) is 30.6 Å². The number of rotatable bonds is 6. The smallest absolute Gasteiger partial charge is 0.234 e. The van der Waals surface area contributed by atoms with Gasteiger partial charge in [0.1, 0.15) is 21.8 Å². The number of aromatic nitrogens is 3. The first-order valence-corrected chi connectivity index (χ1v) is 11.0. The molecule has 0 saturated carbocycles. The number of anilines is 2. The number of carbonyl (C=O) groups excluding carboxylic acids is 1. The van der Waals surface area contributed by atoms with E-state index in [1.54, 1.807) is 18.4 Å². The van der Waals surface area contributed by atoms with Crippen LogP contribution in [-0.4, -0.2) is 46.8 Å². The first kappa shape index (κ1) is 18.9. The predicted octanol–water partition coefficient (Wildman–Crippen LogP) is 3.82. The Morgan fingerprint density at radius 2 is 2.07 bits per heavy atom. The third-order valence-corrected chi connectivity index (χ3v) is 6.73. The van der Waals surface area contributed by atoms with Gasteiger partial charge in [-0.25, -0.2) is 9.97 Å². The lowest BCUT2D eigenvalue weighted by molar-refractivity contribution is -0.113. The van der Waals surface area contributed by atoms with Crippen molar-refractivity contribution in [3.63, 3.8) is 0 Å². The van der Waals surface area contributed by atoms with E-state index in [1.807, 2.05) is 24.3 Å². The molecule has 1 aliphatic rings. The summed E-state index contributed by atoms with van der Waals surface area (Å²) in [4.78, 5) is 28.1. The summed E-state index contributed by atoms with van der Waals surface area (Å²) in [5, 5.41) is 4.68. The van der Waals surface area contributed by atoms with Gasteiger partial charge >= 0.3 is 0 Å². The van der Waals surface area contributed by atoms with Gasteiger partial charge in [0.05, 0.1) is 18.6 Å². The molecule has 3 aromatic rings. The summed E-state index contributed by atoms with van der Waals surface area (Å²) >= 11 is 3.01. The van der Waals surface area contributed by atoms with Crippen LogP contribution in [0.25, 0.3) is 10.3 Å². The Hall–Kier alpha value is -2.39. The maximum Gasteiger partial charge on any atom is 0.234 e. The summed E-state index contributed by atoms with van der Waals surface area (Å²) in [5.41, 5.74) is 1.36. The molecule has 0 unspecified atom stereocenters. The molecule has 0 atom stereocenters. The van der Waals surface area contributed by atoms with Crippen molar-refractivity contribution in [2.24, 2.45) is 0 Å². The summed E-state index contributed by atoms with van der Waals surface area (Å²) in [6.07, 6.45) is 5.20. The molecule has 9 heteroatoms. The Kier molecular flexibility index (Phi) is 5.92. The minimum atomic E-state index is -0.109. The second kappa shape index (κ2) is 8.74. The van der Waals surface area contributed by atoms with E-state index in [0.717, 1.165) is 27.9 Å². The predicted molar refractivity (Wildman–Crippen MR) is 114 cm³/mol. The number of carbonyl (C=O) groups is 1. The van der Waals surface area contributed by atoms with Gasteiger partial charge in [-0.15, -0.1) is 0 Å². The van der Waals surface area contributed by atoms with E-state index in [1.165, 1.54) is 37.4 Å². The zero-order chi connectivity index (χ0) is 19.3. The van der Waals surface area contributed by atoms with Crippen LogP contribution in [0.1, 0.15) is 19.3 Å². The molecule has 1 aromatic carbocycles. The van der Waals surface area contributed by atoms with Gasteiger partial charge in [0, 0.05) is 13.1 Å². The Morgan fingerprint density at radius 3 is 2.89 bits per heavy atom. The highest BCUT2D eigenvalue weighted by molar-refractivity contribution is 8.00. The number of nitrogens with one attached hydrogen (secondary N) is 1. The van der Waals surface area contributed by atoms with Crippen LogP contribution in [0.3, 0.4) is 0 Å². The molecule has 1 amide bonds. The molecule has 0 radical (unpaired) electrons. The number of nitrogens with zero attached hydrogens (tertiary/aromatic N) is 4. The Labute approximate surface area is 171 Å². The molecule has 2 aromatic heterocycles. The number of ether oxygens (including phenoxy) is 1. The minimum Gasteiger partial charge on any atom is -0.495 e. The average Bonchev–Trinajstić information content (AvgIpc) is 3.18. The lowest BCUT2D eigenvalue weighted by Crippen LogP contribution is -2.29. The van der Waals surface area contributed by atoms with Crippen LogP contribution in [0.4, 0.5) is 10.8 Å². The molecule has 28 heavy (non-hydrogen) atoms. The maximum absolute atomic E-state index is 12.4. The van der Waals surface area contributed by atoms with E-state index in [0.29, 0.717) is 17.1 Å². The minimum absolute atomic E-state index is 0.109. The normalized spacial score (nSPS) is 14.2. The molecule has 1 saturated heterocycles. The summed E-state index contributed by atoms with van der Waals surface area (Å²) in [5.74, 6) is 0.780. The summed E-state index contributed by atoms with van der Waals surface area (Å²) in [6.45, 7) is 2.08. The quantitative estimate of drug-likeness (QED) is 0.484. The molecule has 0 bridgehead atoms. The summed E-state index contributed by atoms with van der Waals surface area (Å²) in [6, 6.07) is 7.36. The van der Waals surface area contributed by atoms with Gasteiger partial charge in [0.2, 0.25) is 5.91 Å². The average molecular weight is 416 g/mol. The van der Waals surface area contributed by atoms with Crippen molar-refractivity contribution < 1.29 is 9.53 Å². The van der Waals surface area contributed by atoms with Gasteiger partial charge in [-0.05, 0) is 31.4 Å². The number of thioether (sulfide) groups is 1. The molecule has 146 valence electrons. The highest BCUT2D eigenvalue weighted by atomic mass is 32.2. The number of piperidine rings is 1. The van der Waals surface area contributed by atoms with Gasteiger partial charge in [0.25, 0.3) is 0 Å². The Bertz CT molecular complexity index is 972. The van der Waals surface area contributed by atoms with Gasteiger partial charge in [-0.1, -0.05) is 35.2 Å². The fraction of sp³-hybridized carbons (Fsp3) is 0.368. The van der Waals surface area contributed by atoms with Gasteiger partial charge in [-0.3, -0.25) is 4.79 Å². The van der Waals surface area contributed by atoms with Crippen LogP contribution >= 0.6 is 23.1 Å². The number of methoxy groups -OCH3 is 1. The third-order valence-electron chi connectivity index (χ3n) is 4.49. The number of fused-ring (bicyclic) bond motifs is 1. The Morgan fingerprint density at radius 1 is 1.25 bits per heavy atom. The molecular formula is C19H21N5O2S2. The Balaban J connectivity index is 1.45. The zero-order valence-electron chi connectivity index (χ0n) is 15.6. The summed E-state index contributed by atoms with van der Waals surface area (Å²) in [7, 11) is 1.58. The second-order valence-corrected chi connectivity index (χ2v) is 8.35. The largest absolute Gasteiger partial charge is 0.495 e. The first-order valence-electron chi connectivity index (χ1n) is 9.17. The number of amides is 1. The van der Waals surface area contributed by atoms with Crippen molar-refractivity contribution in [3.8, 4) is 5.75 Å². The number of para-hydroxylation sites is 2. The molecule has 3 heterocycles. The molecular weight excluding hydrogens is 394 g/mol. The molecule has 0 spiro atoms. The first-order chi connectivity index (χ1) is 13.7. The van der Waals surface area contributed by atoms with Crippen molar-refractivity contribution in [2.45, 2.75) is 24.3 Å². The molecule has 7 nitrogen and oxygen atoms in total. The van der Waals surface area contributed by atoms with E-state index in [-0.39, 0.29) is 11.7 Å². The number of hydrogen-bond donors (Lipinski definition) is 1. The standard InChI is InChI=1S/C19H21N5O2S2/c1-26-14-8-4-3-7-13(14)22-15(25)11-27-18-16-17(20-12-21-18)23-19(28-16)24-9-5-2-6-10-24/h3-4,7-8,12H,2,5-6,9-11H2,1H3,(H,22,25). The molecule has 1 N–H and O–H groups in total. The van der Waals surface area contributed by atoms with E-state index >= 15 is 0 Å². The van der Waals surface area contributed by atoms with Crippen LogP contribution in [0.5, 0.6) is 5.75 Å².